The average Bonchev–Trinajstić information content (AvgIpc) is 3.42. The second-order valence-electron chi connectivity index (χ2n) is 6.44. The normalized spacial score (nSPS) is 11.0. The number of carbonyl (C=O) groups excluding carboxylic acids is 2. The van der Waals surface area contributed by atoms with E-state index >= 15 is 0 Å². The number of benzene rings is 1. The Morgan fingerprint density at radius 2 is 2.07 bits per heavy atom. The number of aromatic nitrogens is 3. The quantitative estimate of drug-likeness (QED) is 0.336. The summed E-state index contributed by atoms with van der Waals surface area (Å²) in [4.78, 5) is 25.2. The molecule has 0 unspecified atom stereocenters. The Morgan fingerprint density at radius 3 is 2.87 bits per heavy atom. The predicted octanol–water partition coefficient (Wildman–Crippen LogP) is 4.58. The third-order valence-electron chi connectivity index (χ3n) is 4.40. The van der Waals surface area contributed by atoms with Crippen molar-refractivity contribution in [3.63, 3.8) is 0 Å². The van der Waals surface area contributed by atoms with Crippen molar-refractivity contribution in [3.8, 4) is 11.4 Å². The molecular weight excluding hydrogens is 440 g/mol. The molecule has 0 saturated heterocycles. The van der Waals surface area contributed by atoms with Crippen LogP contribution in [0.15, 0.2) is 40.9 Å². The number of amides is 1. The number of thiophene rings is 2. The highest BCUT2D eigenvalue weighted by Crippen LogP contribution is 2.34. The number of hydrogen-bond acceptors (Lipinski definition) is 8. The molecular formula is C20H18N4O3S3. The average molecular weight is 459 g/mol. The third kappa shape index (κ3) is 3.98. The van der Waals surface area contributed by atoms with Gasteiger partial charge in [-0.15, -0.1) is 32.9 Å². The first-order valence-corrected chi connectivity index (χ1v) is 11.6. The van der Waals surface area contributed by atoms with Gasteiger partial charge in [-0.1, -0.05) is 30.0 Å². The van der Waals surface area contributed by atoms with Crippen LogP contribution in [0.5, 0.6) is 0 Å². The molecule has 0 radical (unpaired) electrons. The number of rotatable bonds is 6. The lowest BCUT2D eigenvalue weighted by Gasteiger charge is -2.06. The summed E-state index contributed by atoms with van der Waals surface area (Å²) in [6.45, 7) is 1.87. The van der Waals surface area contributed by atoms with Gasteiger partial charge in [0, 0.05) is 33.0 Å². The van der Waals surface area contributed by atoms with Crippen LogP contribution >= 0.6 is 34.4 Å². The first-order chi connectivity index (χ1) is 14.5. The minimum absolute atomic E-state index is 0.147. The van der Waals surface area contributed by atoms with E-state index in [1.807, 2.05) is 30.7 Å². The monoisotopic (exact) mass is 458 g/mol. The van der Waals surface area contributed by atoms with Crippen molar-refractivity contribution < 1.29 is 14.3 Å². The van der Waals surface area contributed by atoms with E-state index in [2.05, 4.69) is 33.0 Å². The molecule has 0 aliphatic rings. The Balaban J connectivity index is 1.46. The van der Waals surface area contributed by atoms with Crippen LogP contribution in [0.2, 0.25) is 0 Å². The number of esters is 1. The molecule has 0 saturated carbocycles. The topological polar surface area (TPSA) is 86.1 Å². The Morgan fingerprint density at radius 1 is 1.27 bits per heavy atom. The highest BCUT2D eigenvalue weighted by atomic mass is 32.2. The molecule has 1 N–H and O–H groups in total. The zero-order chi connectivity index (χ0) is 21.3. The van der Waals surface area contributed by atoms with E-state index in [1.54, 1.807) is 17.4 Å². The fourth-order valence-corrected chi connectivity index (χ4v) is 5.55. The summed E-state index contributed by atoms with van der Waals surface area (Å²) in [7, 11) is 3.21. The molecule has 0 aliphatic heterocycles. The molecule has 0 atom stereocenters. The Bertz CT molecular complexity index is 1240. The predicted molar refractivity (Wildman–Crippen MR) is 122 cm³/mol. The highest BCUT2D eigenvalue weighted by molar-refractivity contribution is 7.99. The minimum Gasteiger partial charge on any atom is -0.465 e. The van der Waals surface area contributed by atoms with Crippen LogP contribution in [0.25, 0.3) is 21.5 Å². The van der Waals surface area contributed by atoms with Crippen LogP contribution in [0.1, 0.15) is 15.2 Å². The van der Waals surface area contributed by atoms with Gasteiger partial charge in [0.05, 0.1) is 18.4 Å². The largest absolute Gasteiger partial charge is 0.465 e. The molecule has 7 nitrogen and oxygen atoms in total. The molecule has 1 aromatic carbocycles. The lowest BCUT2D eigenvalue weighted by molar-refractivity contribution is -0.113. The molecule has 1 amide bonds. The van der Waals surface area contributed by atoms with E-state index in [1.165, 1.54) is 34.9 Å². The van der Waals surface area contributed by atoms with Gasteiger partial charge in [-0.25, -0.2) is 4.79 Å². The third-order valence-corrected chi connectivity index (χ3v) is 7.35. The number of hydrogen-bond donors (Lipinski definition) is 1. The smallest absolute Gasteiger partial charge is 0.340 e. The molecule has 0 bridgehead atoms. The highest BCUT2D eigenvalue weighted by Gasteiger charge is 2.19. The van der Waals surface area contributed by atoms with Gasteiger partial charge >= 0.3 is 5.97 Å². The fraction of sp³-hybridized carbons (Fsp3) is 0.200. The van der Waals surface area contributed by atoms with Crippen molar-refractivity contribution in [2.45, 2.75) is 12.1 Å². The van der Waals surface area contributed by atoms with Crippen molar-refractivity contribution in [2.75, 3.05) is 18.2 Å². The van der Waals surface area contributed by atoms with Gasteiger partial charge in [0.25, 0.3) is 0 Å². The van der Waals surface area contributed by atoms with E-state index in [9.17, 15) is 9.59 Å². The zero-order valence-electron chi connectivity index (χ0n) is 16.5. The van der Waals surface area contributed by atoms with Crippen molar-refractivity contribution >= 4 is 61.4 Å². The van der Waals surface area contributed by atoms with E-state index in [0.717, 1.165) is 21.7 Å². The standard InChI is InChI=1S/C20H18N4O3S3/c1-11-8-13(19(26)27-3)18(30-11)21-16(25)10-29-20-23-22-17(24(20)2)14-9-28-15-7-5-4-6-12(14)15/h4-9H,10H2,1-3H3,(H,21,25). The lowest BCUT2D eigenvalue weighted by Crippen LogP contribution is -2.16. The van der Waals surface area contributed by atoms with E-state index in [0.29, 0.717) is 15.7 Å². The van der Waals surface area contributed by atoms with Gasteiger partial charge in [-0.3, -0.25) is 4.79 Å². The summed E-state index contributed by atoms with van der Waals surface area (Å²) in [5.41, 5.74) is 1.39. The Kier molecular flexibility index (Phi) is 5.89. The second kappa shape index (κ2) is 8.58. The Hall–Kier alpha value is -2.69. The summed E-state index contributed by atoms with van der Waals surface area (Å²) in [6.07, 6.45) is 0. The SMILES string of the molecule is COC(=O)c1cc(C)sc1NC(=O)CSc1nnc(-c2csc3ccccc23)n1C. The van der Waals surface area contributed by atoms with Crippen LogP contribution in [0.3, 0.4) is 0 Å². The molecule has 4 aromatic rings. The molecule has 0 spiro atoms. The van der Waals surface area contributed by atoms with Gasteiger partial charge in [0.15, 0.2) is 11.0 Å². The molecule has 0 fully saturated rings. The lowest BCUT2D eigenvalue weighted by atomic mass is 10.2. The number of fused-ring (bicyclic) bond motifs is 1. The molecule has 3 aromatic heterocycles. The maximum Gasteiger partial charge on any atom is 0.340 e. The maximum absolute atomic E-state index is 12.4. The van der Waals surface area contributed by atoms with Gasteiger partial charge in [0.2, 0.25) is 5.91 Å². The van der Waals surface area contributed by atoms with Crippen LogP contribution in [-0.4, -0.2) is 39.5 Å². The summed E-state index contributed by atoms with van der Waals surface area (Å²) in [6, 6.07) is 9.87. The van der Waals surface area contributed by atoms with Gasteiger partial charge in [0.1, 0.15) is 5.00 Å². The summed E-state index contributed by atoms with van der Waals surface area (Å²) < 4.78 is 7.86. The number of nitrogens with zero attached hydrogens (tertiary/aromatic N) is 3. The van der Waals surface area contributed by atoms with Crippen LogP contribution in [-0.2, 0) is 16.6 Å². The zero-order valence-corrected chi connectivity index (χ0v) is 18.9. The van der Waals surface area contributed by atoms with E-state index < -0.39 is 5.97 Å². The number of ether oxygens (including phenoxy) is 1. The van der Waals surface area contributed by atoms with E-state index in [4.69, 9.17) is 4.74 Å². The van der Waals surface area contributed by atoms with Gasteiger partial charge in [-0.2, -0.15) is 0 Å². The van der Waals surface area contributed by atoms with Crippen molar-refractivity contribution in [2.24, 2.45) is 7.05 Å². The first kappa shape index (κ1) is 20.6. The number of carbonyl (C=O) groups is 2. The molecule has 0 aliphatic carbocycles. The number of thioether (sulfide) groups is 1. The summed E-state index contributed by atoms with van der Waals surface area (Å²) in [5, 5.41) is 15.7. The number of aryl methyl sites for hydroxylation is 1. The fourth-order valence-electron chi connectivity index (χ4n) is 2.99. The molecule has 3 heterocycles. The molecule has 10 heteroatoms. The van der Waals surface area contributed by atoms with Crippen LogP contribution in [0, 0.1) is 6.92 Å². The summed E-state index contributed by atoms with van der Waals surface area (Å²) >= 11 is 4.30. The van der Waals surface area contributed by atoms with Gasteiger partial charge < -0.3 is 14.6 Å². The van der Waals surface area contributed by atoms with Crippen LogP contribution in [0.4, 0.5) is 5.00 Å². The summed E-state index contributed by atoms with van der Waals surface area (Å²) in [5.74, 6) is 0.214. The minimum atomic E-state index is -0.469. The molecule has 4 rings (SSSR count). The Labute approximate surface area is 185 Å². The number of anilines is 1. The molecule has 30 heavy (non-hydrogen) atoms. The molecule has 154 valence electrons. The number of nitrogens with one attached hydrogen (secondary N) is 1. The van der Waals surface area contributed by atoms with E-state index in [-0.39, 0.29) is 11.7 Å². The van der Waals surface area contributed by atoms with Crippen LogP contribution < -0.4 is 5.32 Å². The van der Waals surface area contributed by atoms with Crippen molar-refractivity contribution in [3.05, 3.63) is 46.2 Å². The van der Waals surface area contributed by atoms with Gasteiger partial charge in [-0.05, 0) is 19.1 Å². The first-order valence-electron chi connectivity index (χ1n) is 8.95. The maximum atomic E-state index is 12.4. The van der Waals surface area contributed by atoms with Crippen molar-refractivity contribution in [1.82, 2.24) is 14.8 Å². The second-order valence-corrected chi connectivity index (χ2v) is 9.55. The van der Waals surface area contributed by atoms with Crippen molar-refractivity contribution in [1.29, 1.82) is 0 Å². The number of methoxy groups -OCH3 is 1.